The average Bonchev–Trinajstić information content (AvgIpc) is 3.45. The molecule has 0 radical (unpaired) electrons. The van der Waals surface area contributed by atoms with Gasteiger partial charge in [0.2, 0.25) is 17.7 Å². The van der Waals surface area contributed by atoms with Gasteiger partial charge < -0.3 is 30.6 Å². The number of hydrogen-bond acceptors (Lipinski definition) is 6. The smallest absolute Gasteiger partial charge is 0.250 e. The van der Waals surface area contributed by atoms with Crippen LogP contribution in [0.5, 0.6) is 5.75 Å². The van der Waals surface area contributed by atoms with Crippen LogP contribution in [0.25, 0.3) is 0 Å². The van der Waals surface area contributed by atoms with Crippen LogP contribution in [-0.2, 0) is 20.8 Å². The summed E-state index contributed by atoms with van der Waals surface area (Å²) in [7, 11) is 1.60. The van der Waals surface area contributed by atoms with Crippen LogP contribution in [-0.4, -0.2) is 64.0 Å². The largest absolute Gasteiger partial charge is 0.497 e. The summed E-state index contributed by atoms with van der Waals surface area (Å²) in [5.74, 6) is 0.736. The van der Waals surface area contributed by atoms with Crippen molar-refractivity contribution in [2.24, 2.45) is 11.7 Å². The SMILES string of the molecule is COc1ccc(C(C(=O)N2CCC(C)CC2)n2cnc(NC(=O)C(CCCc3ccccc3)NC(=O)C(C)(C)N)c2)cc1. The minimum absolute atomic E-state index is 0.0245. The number of methoxy groups -OCH3 is 1. The molecule has 2 unspecified atom stereocenters. The number of benzene rings is 2. The second-order valence-electron chi connectivity index (χ2n) is 12.0. The number of nitrogens with zero attached hydrogens (tertiary/aromatic N) is 3. The van der Waals surface area contributed by atoms with Crippen molar-refractivity contribution in [2.45, 2.75) is 70.5 Å². The van der Waals surface area contributed by atoms with Crippen LogP contribution in [0.15, 0.2) is 67.1 Å². The molecule has 2 aromatic carbocycles. The summed E-state index contributed by atoms with van der Waals surface area (Å²) in [6.45, 7) is 6.81. The predicted octanol–water partition coefficient (Wildman–Crippen LogP) is 3.92. The van der Waals surface area contributed by atoms with Gasteiger partial charge in [0.25, 0.3) is 0 Å². The number of amides is 3. The lowest BCUT2D eigenvalue weighted by Gasteiger charge is -2.33. The Morgan fingerprint density at radius 2 is 1.74 bits per heavy atom. The molecular formula is C33H44N6O4. The highest BCUT2D eigenvalue weighted by molar-refractivity contribution is 5.98. The van der Waals surface area contributed by atoms with Crippen LogP contribution < -0.4 is 21.1 Å². The molecule has 0 bridgehead atoms. The van der Waals surface area contributed by atoms with Crippen molar-refractivity contribution in [1.29, 1.82) is 0 Å². The Balaban J connectivity index is 1.52. The number of imidazole rings is 1. The second-order valence-corrected chi connectivity index (χ2v) is 12.0. The van der Waals surface area contributed by atoms with Crippen LogP contribution in [0.4, 0.5) is 5.82 Å². The van der Waals surface area contributed by atoms with E-state index in [1.807, 2.05) is 59.5 Å². The summed E-state index contributed by atoms with van der Waals surface area (Å²) in [4.78, 5) is 46.3. The van der Waals surface area contributed by atoms with Crippen LogP contribution in [0.3, 0.4) is 0 Å². The van der Waals surface area contributed by atoms with E-state index < -0.39 is 29.4 Å². The maximum atomic E-state index is 13.8. The summed E-state index contributed by atoms with van der Waals surface area (Å²) in [5.41, 5.74) is 6.81. The lowest BCUT2D eigenvalue weighted by Crippen LogP contribution is -2.54. The number of ether oxygens (including phenoxy) is 1. The molecule has 0 saturated carbocycles. The Morgan fingerprint density at radius 3 is 2.37 bits per heavy atom. The van der Waals surface area contributed by atoms with Crippen LogP contribution in [0.2, 0.25) is 0 Å². The molecule has 2 atom stereocenters. The first-order valence-electron chi connectivity index (χ1n) is 15.0. The zero-order chi connectivity index (χ0) is 31.0. The molecule has 0 aliphatic carbocycles. The fourth-order valence-electron chi connectivity index (χ4n) is 5.15. The normalized spacial score (nSPS) is 15.4. The van der Waals surface area contributed by atoms with Gasteiger partial charge in [-0.2, -0.15) is 0 Å². The Labute approximate surface area is 254 Å². The Hall–Kier alpha value is -4.18. The first-order valence-corrected chi connectivity index (χ1v) is 15.0. The van der Waals surface area contributed by atoms with E-state index in [0.717, 1.165) is 30.4 Å². The summed E-state index contributed by atoms with van der Waals surface area (Å²) in [6, 6.07) is 15.9. The molecule has 0 spiro atoms. The summed E-state index contributed by atoms with van der Waals surface area (Å²) < 4.78 is 7.04. The van der Waals surface area contributed by atoms with Gasteiger partial charge in [0, 0.05) is 19.3 Å². The third kappa shape index (κ3) is 8.67. The van der Waals surface area contributed by atoms with Gasteiger partial charge in [-0.25, -0.2) is 4.98 Å². The van der Waals surface area contributed by atoms with Gasteiger partial charge in [-0.3, -0.25) is 14.4 Å². The zero-order valence-corrected chi connectivity index (χ0v) is 25.6. The highest BCUT2D eigenvalue weighted by Gasteiger charge is 2.31. The molecule has 1 aromatic heterocycles. The highest BCUT2D eigenvalue weighted by atomic mass is 16.5. The van der Waals surface area contributed by atoms with E-state index in [-0.39, 0.29) is 11.7 Å². The van der Waals surface area contributed by atoms with E-state index in [2.05, 4.69) is 22.5 Å². The molecule has 1 fully saturated rings. The van der Waals surface area contributed by atoms with Gasteiger partial charge in [0.1, 0.15) is 17.8 Å². The molecule has 1 aliphatic heterocycles. The lowest BCUT2D eigenvalue weighted by atomic mass is 9.97. The van der Waals surface area contributed by atoms with Crippen LogP contribution in [0.1, 0.15) is 63.6 Å². The van der Waals surface area contributed by atoms with Crippen molar-refractivity contribution in [2.75, 3.05) is 25.5 Å². The van der Waals surface area contributed by atoms with Gasteiger partial charge in [0.15, 0.2) is 5.82 Å². The average molecular weight is 589 g/mol. The number of piperidine rings is 1. The van der Waals surface area contributed by atoms with Gasteiger partial charge in [-0.1, -0.05) is 49.4 Å². The minimum atomic E-state index is -1.14. The zero-order valence-electron chi connectivity index (χ0n) is 25.6. The number of carbonyl (C=O) groups is 3. The molecule has 230 valence electrons. The topological polar surface area (TPSA) is 132 Å². The lowest BCUT2D eigenvalue weighted by molar-refractivity contribution is -0.135. The number of hydrogen-bond donors (Lipinski definition) is 3. The van der Waals surface area contributed by atoms with E-state index in [4.69, 9.17) is 10.5 Å². The third-order valence-corrected chi connectivity index (χ3v) is 7.92. The number of nitrogens with one attached hydrogen (secondary N) is 2. The quantitative estimate of drug-likeness (QED) is 0.294. The van der Waals surface area contributed by atoms with Crippen molar-refractivity contribution in [3.8, 4) is 5.75 Å². The van der Waals surface area contributed by atoms with Crippen molar-refractivity contribution in [1.82, 2.24) is 19.8 Å². The number of rotatable bonds is 12. The minimum Gasteiger partial charge on any atom is -0.497 e. The Bertz CT molecular complexity index is 1360. The predicted molar refractivity (Wildman–Crippen MR) is 167 cm³/mol. The van der Waals surface area contributed by atoms with E-state index in [1.165, 1.54) is 0 Å². The summed E-state index contributed by atoms with van der Waals surface area (Å²) in [5, 5.41) is 5.66. The second kappa shape index (κ2) is 14.3. The van der Waals surface area contributed by atoms with Crippen LogP contribution >= 0.6 is 0 Å². The third-order valence-electron chi connectivity index (χ3n) is 7.92. The van der Waals surface area contributed by atoms with E-state index in [0.29, 0.717) is 37.6 Å². The standard InChI is InChI=1S/C33H44N6O4/c1-23-17-19-38(20-18-23)31(41)29(25-13-15-26(43-4)16-14-25)39-21-28(35-22-39)37-30(40)27(36-32(42)33(2,3)34)12-8-11-24-9-6-5-7-10-24/h5-7,9-10,13-16,21-23,27,29H,8,11-12,17-20,34H2,1-4H3,(H,36,42)(H,37,40). The number of nitrogens with two attached hydrogens (primary N) is 1. The Kier molecular flexibility index (Phi) is 10.6. The molecule has 4 rings (SSSR count). The molecule has 1 saturated heterocycles. The molecule has 10 nitrogen and oxygen atoms in total. The molecule has 10 heteroatoms. The molecule has 43 heavy (non-hydrogen) atoms. The van der Waals surface area contributed by atoms with Gasteiger partial charge >= 0.3 is 0 Å². The number of aryl methyl sites for hydroxylation is 1. The number of carbonyl (C=O) groups excluding carboxylic acids is 3. The molecule has 2 heterocycles. The molecule has 1 aliphatic rings. The van der Waals surface area contributed by atoms with Crippen molar-refractivity contribution in [3.05, 3.63) is 78.2 Å². The van der Waals surface area contributed by atoms with Crippen molar-refractivity contribution < 1.29 is 19.1 Å². The molecular weight excluding hydrogens is 544 g/mol. The fourth-order valence-corrected chi connectivity index (χ4v) is 5.15. The number of likely N-dealkylation sites (tertiary alicyclic amines) is 1. The Morgan fingerprint density at radius 1 is 1.07 bits per heavy atom. The summed E-state index contributed by atoms with van der Waals surface area (Å²) in [6.07, 6.45) is 7.01. The van der Waals surface area contributed by atoms with Crippen molar-refractivity contribution >= 4 is 23.5 Å². The molecule has 3 aromatic rings. The van der Waals surface area contributed by atoms with E-state index in [9.17, 15) is 14.4 Å². The molecule has 3 amide bonds. The monoisotopic (exact) mass is 588 g/mol. The van der Waals surface area contributed by atoms with Crippen molar-refractivity contribution in [3.63, 3.8) is 0 Å². The van der Waals surface area contributed by atoms with Gasteiger partial charge in [-0.15, -0.1) is 0 Å². The fraction of sp³-hybridized carbons (Fsp3) is 0.455. The number of anilines is 1. The van der Waals surface area contributed by atoms with Gasteiger partial charge in [0.05, 0.1) is 19.0 Å². The van der Waals surface area contributed by atoms with E-state index >= 15 is 0 Å². The first kappa shape index (κ1) is 31.7. The first-order chi connectivity index (χ1) is 20.5. The summed E-state index contributed by atoms with van der Waals surface area (Å²) >= 11 is 0. The maximum absolute atomic E-state index is 13.8. The van der Waals surface area contributed by atoms with Crippen LogP contribution in [0, 0.1) is 5.92 Å². The van der Waals surface area contributed by atoms with Gasteiger partial charge in [-0.05, 0) is 75.1 Å². The maximum Gasteiger partial charge on any atom is 0.250 e. The molecule has 4 N–H and O–H groups in total. The van der Waals surface area contributed by atoms with E-state index in [1.54, 1.807) is 38.0 Å². The number of aromatic nitrogens is 2. The highest BCUT2D eigenvalue weighted by Crippen LogP contribution is 2.27.